The molecular formula is C14H16N2O3. The van der Waals surface area contributed by atoms with E-state index >= 15 is 0 Å². The predicted octanol–water partition coefficient (Wildman–Crippen LogP) is 1.74. The number of nitrogens with one attached hydrogen (secondary N) is 2. The van der Waals surface area contributed by atoms with Crippen molar-refractivity contribution in [2.75, 3.05) is 12.4 Å². The molecule has 0 aliphatic carbocycles. The normalized spacial score (nSPS) is 10.2. The van der Waals surface area contributed by atoms with Gasteiger partial charge in [0, 0.05) is 18.3 Å². The van der Waals surface area contributed by atoms with Gasteiger partial charge in [0.2, 0.25) is 0 Å². The molecule has 2 aromatic rings. The SMILES string of the molecule is CNC(=O)c1cccc(NCc2ccc(CO)o2)c1. The lowest BCUT2D eigenvalue weighted by atomic mass is 10.2. The number of anilines is 1. The average molecular weight is 260 g/mol. The Labute approximate surface area is 111 Å². The molecule has 3 N–H and O–H groups in total. The molecule has 0 unspecified atom stereocenters. The molecule has 0 spiro atoms. The number of amides is 1. The molecule has 0 fully saturated rings. The Morgan fingerprint density at radius 2 is 2.05 bits per heavy atom. The topological polar surface area (TPSA) is 74.5 Å². The zero-order valence-corrected chi connectivity index (χ0v) is 10.6. The second kappa shape index (κ2) is 6.06. The highest BCUT2D eigenvalue weighted by Crippen LogP contribution is 2.14. The van der Waals surface area contributed by atoms with Gasteiger partial charge in [0.25, 0.3) is 5.91 Å². The fourth-order valence-corrected chi connectivity index (χ4v) is 1.71. The van der Waals surface area contributed by atoms with E-state index in [-0.39, 0.29) is 12.5 Å². The van der Waals surface area contributed by atoms with Crippen molar-refractivity contribution in [2.45, 2.75) is 13.2 Å². The van der Waals surface area contributed by atoms with Gasteiger partial charge in [-0.15, -0.1) is 0 Å². The quantitative estimate of drug-likeness (QED) is 0.765. The molecule has 2 rings (SSSR count). The third-order valence-corrected chi connectivity index (χ3v) is 2.69. The van der Waals surface area contributed by atoms with Gasteiger partial charge < -0.3 is 20.2 Å². The molecule has 100 valence electrons. The molecule has 1 aromatic carbocycles. The van der Waals surface area contributed by atoms with E-state index in [2.05, 4.69) is 10.6 Å². The van der Waals surface area contributed by atoms with Gasteiger partial charge in [-0.1, -0.05) is 6.07 Å². The molecule has 5 nitrogen and oxygen atoms in total. The minimum absolute atomic E-state index is 0.105. The van der Waals surface area contributed by atoms with Crippen LogP contribution in [0.15, 0.2) is 40.8 Å². The van der Waals surface area contributed by atoms with E-state index in [1.54, 1.807) is 31.3 Å². The van der Waals surface area contributed by atoms with Gasteiger partial charge in [-0.25, -0.2) is 0 Å². The number of rotatable bonds is 5. The molecule has 0 saturated heterocycles. The first-order chi connectivity index (χ1) is 9.22. The van der Waals surface area contributed by atoms with E-state index in [4.69, 9.17) is 9.52 Å². The largest absolute Gasteiger partial charge is 0.462 e. The molecule has 1 amide bonds. The van der Waals surface area contributed by atoms with Crippen LogP contribution < -0.4 is 10.6 Å². The summed E-state index contributed by atoms with van der Waals surface area (Å²) in [6.07, 6.45) is 0. The highest BCUT2D eigenvalue weighted by molar-refractivity contribution is 5.94. The van der Waals surface area contributed by atoms with Crippen LogP contribution in [0.3, 0.4) is 0 Å². The maximum absolute atomic E-state index is 11.5. The van der Waals surface area contributed by atoms with Crippen molar-refractivity contribution in [1.29, 1.82) is 0 Å². The first-order valence-corrected chi connectivity index (χ1v) is 5.97. The summed E-state index contributed by atoms with van der Waals surface area (Å²) in [4.78, 5) is 11.5. The second-order valence-corrected chi connectivity index (χ2v) is 4.04. The lowest BCUT2D eigenvalue weighted by Gasteiger charge is -2.06. The van der Waals surface area contributed by atoms with Crippen molar-refractivity contribution in [3.05, 3.63) is 53.5 Å². The number of aliphatic hydroxyl groups excluding tert-OH is 1. The molecule has 0 aliphatic rings. The van der Waals surface area contributed by atoms with E-state index in [1.807, 2.05) is 12.1 Å². The van der Waals surface area contributed by atoms with Crippen molar-refractivity contribution in [3.63, 3.8) is 0 Å². The Bertz CT molecular complexity index is 563. The average Bonchev–Trinajstić information content (AvgIpc) is 2.92. The number of furan rings is 1. The van der Waals surface area contributed by atoms with Crippen LogP contribution >= 0.6 is 0 Å². The number of carbonyl (C=O) groups is 1. The summed E-state index contributed by atoms with van der Waals surface area (Å²) >= 11 is 0. The molecule has 0 bridgehead atoms. The van der Waals surface area contributed by atoms with E-state index in [0.717, 1.165) is 11.4 Å². The summed E-state index contributed by atoms with van der Waals surface area (Å²) in [5.41, 5.74) is 1.44. The van der Waals surface area contributed by atoms with Crippen molar-refractivity contribution in [1.82, 2.24) is 5.32 Å². The van der Waals surface area contributed by atoms with Crippen molar-refractivity contribution in [3.8, 4) is 0 Å². The fourth-order valence-electron chi connectivity index (χ4n) is 1.71. The lowest BCUT2D eigenvalue weighted by molar-refractivity contribution is 0.0963. The van der Waals surface area contributed by atoms with Gasteiger partial charge in [0.15, 0.2) is 0 Å². The summed E-state index contributed by atoms with van der Waals surface area (Å²) in [6, 6.07) is 10.8. The highest BCUT2D eigenvalue weighted by atomic mass is 16.4. The molecular weight excluding hydrogens is 244 g/mol. The van der Waals surface area contributed by atoms with E-state index < -0.39 is 0 Å². The molecule has 5 heteroatoms. The van der Waals surface area contributed by atoms with Crippen LogP contribution in [0.5, 0.6) is 0 Å². The highest BCUT2D eigenvalue weighted by Gasteiger charge is 2.04. The van der Waals surface area contributed by atoms with Gasteiger partial charge in [-0.2, -0.15) is 0 Å². The van der Waals surface area contributed by atoms with Crippen molar-refractivity contribution < 1.29 is 14.3 Å². The number of hydrogen-bond acceptors (Lipinski definition) is 4. The van der Waals surface area contributed by atoms with Gasteiger partial charge in [0.1, 0.15) is 18.1 Å². The Kier molecular flexibility index (Phi) is 4.20. The Morgan fingerprint density at radius 3 is 2.74 bits per heavy atom. The van der Waals surface area contributed by atoms with E-state index in [0.29, 0.717) is 17.9 Å². The first-order valence-electron chi connectivity index (χ1n) is 5.97. The third-order valence-electron chi connectivity index (χ3n) is 2.69. The number of benzene rings is 1. The first kappa shape index (κ1) is 13.2. The summed E-state index contributed by atoms with van der Waals surface area (Å²) in [5, 5.41) is 14.6. The van der Waals surface area contributed by atoms with Crippen LogP contribution in [0.4, 0.5) is 5.69 Å². The maximum Gasteiger partial charge on any atom is 0.251 e. The monoisotopic (exact) mass is 260 g/mol. The van der Waals surface area contributed by atoms with Crippen molar-refractivity contribution >= 4 is 11.6 Å². The van der Waals surface area contributed by atoms with E-state index in [1.165, 1.54) is 0 Å². The fraction of sp³-hybridized carbons (Fsp3) is 0.214. The molecule has 0 radical (unpaired) electrons. The molecule has 0 atom stereocenters. The minimum Gasteiger partial charge on any atom is -0.462 e. The van der Waals surface area contributed by atoms with Crippen LogP contribution in [0.2, 0.25) is 0 Å². The van der Waals surface area contributed by atoms with Crippen LogP contribution in [0, 0.1) is 0 Å². The summed E-state index contributed by atoms with van der Waals surface area (Å²) < 4.78 is 5.36. The van der Waals surface area contributed by atoms with Gasteiger partial charge >= 0.3 is 0 Å². The molecule has 0 saturated carbocycles. The summed E-state index contributed by atoms with van der Waals surface area (Å²) in [5.74, 6) is 1.15. The Hall–Kier alpha value is -2.27. The van der Waals surface area contributed by atoms with Crippen LogP contribution in [-0.4, -0.2) is 18.1 Å². The van der Waals surface area contributed by atoms with Crippen LogP contribution in [-0.2, 0) is 13.2 Å². The second-order valence-electron chi connectivity index (χ2n) is 4.04. The lowest BCUT2D eigenvalue weighted by Crippen LogP contribution is -2.17. The maximum atomic E-state index is 11.5. The summed E-state index contributed by atoms with van der Waals surface area (Å²) in [6.45, 7) is 0.392. The van der Waals surface area contributed by atoms with Gasteiger partial charge in [-0.3, -0.25) is 4.79 Å². The minimum atomic E-state index is -0.121. The molecule has 1 aromatic heterocycles. The molecule has 0 aliphatic heterocycles. The van der Waals surface area contributed by atoms with E-state index in [9.17, 15) is 4.79 Å². The van der Waals surface area contributed by atoms with Gasteiger partial charge in [0.05, 0.1) is 6.54 Å². The molecule has 1 heterocycles. The standard InChI is InChI=1S/C14H16N2O3/c1-15-14(18)10-3-2-4-11(7-10)16-8-12-5-6-13(9-17)19-12/h2-7,16-17H,8-9H2,1H3,(H,15,18). The number of hydrogen-bond donors (Lipinski definition) is 3. The predicted molar refractivity (Wildman–Crippen MR) is 71.8 cm³/mol. The zero-order chi connectivity index (χ0) is 13.7. The zero-order valence-electron chi connectivity index (χ0n) is 10.6. The smallest absolute Gasteiger partial charge is 0.251 e. The number of carbonyl (C=O) groups excluding carboxylic acids is 1. The van der Waals surface area contributed by atoms with Crippen molar-refractivity contribution in [2.24, 2.45) is 0 Å². The Balaban J connectivity index is 2.01. The third kappa shape index (κ3) is 3.35. The van der Waals surface area contributed by atoms with Crippen LogP contribution in [0.25, 0.3) is 0 Å². The Morgan fingerprint density at radius 1 is 1.26 bits per heavy atom. The van der Waals surface area contributed by atoms with Gasteiger partial charge in [-0.05, 0) is 30.3 Å². The number of aliphatic hydroxyl groups is 1. The van der Waals surface area contributed by atoms with Crippen LogP contribution in [0.1, 0.15) is 21.9 Å². The molecule has 19 heavy (non-hydrogen) atoms. The summed E-state index contributed by atoms with van der Waals surface area (Å²) in [7, 11) is 1.60.